The van der Waals surface area contributed by atoms with Gasteiger partial charge in [0.05, 0.1) is 10.9 Å². The van der Waals surface area contributed by atoms with Crippen LogP contribution in [0.25, 0.3) is 0 Å². The molecule has 0 saturated carbocycles. The Balaban J connectivity index is 2.39. The zero-order valence-corrected chi connectivity index (χ0v) is 14.0. The number of phenols is 1. The molecule has 1 fully saturated rings. The Morgan fingerprint density at radius 3 is 2.62 bits per heavy atom. The molecule has 0 radical (unpaired) electrons. The van der Waals surface area contributed by atoms with Gasteiger partial charge in [-0.25, -0.2) is 4.79 Å². The first-order valence-electron chi connectivity index (χ1n) is 6.48. The molecule has 1 amide bonds. The van der Waals surface area contributed by atoms with Gasteiger partial charge in [0, 0.05) is 10.2 Å². The van der Waals surface area contributed by atoms with Crippen LogP contribution in [0, 0.1) is 5.92 Å². The molecule has 0 aliphatic carbocycles. The Morgan fingerprint density at radius 2 is 2.10 bits per heavy atom. The molecule has 5 nitrogen and oxygen atoms in total. The van der Waals surface area contributed by atoms with Crippen molar-refractivity contribution >= 4 is 39.6 Å². The topological polar surface area (TPSA) is 77.8 Å². The van der Waals surface area contributed by atoms with Crippen LogP contribution in [-0.2, 0) is 4.79 Å². The maximum absolute atomic E-state index is 12.7. The lowest BCUT2D eigenvalue weighted by Crippen LogP contribution is -2.47. The summed E-state index contributed by atoms with van der Waals surface area (Å²) in [6.07, 6.45) is 0. The molecule has 114 valence electrons. The van der Waals surface area contributed by atoms with E-state index in [0.717, 1.165) is 0 Å². The molecule has 7 heteroatoms. The molecule has 1 heterocycles. The Hall–Kier alpha value is -1.21. The van der Waals surface area contributed by atoms with Crippen LogP contribution in [0.3, 0.4) is 0 Å². The maximum atomic E-state index is 12.7. The van der Waals surface area contributed by atoms with Gasteiger partial charge in [-0.2, -0.15) is 0 Å². The number of hydrogen-bond acceptors (Lipinski definition) is 4. The molecule has 2 N–H and O–H groups in total. The van der Waals surface area contributed by atoms with E-state index in [1.807, 2.05) is 13.8 Å². The average molecular weight is 374 g/mol. The van der Waals surface area contributed by atoms with Crippen molar-refractivity contribution < 1.29 is 19.8 Å². The maximum Gasteiger partial charge on any atom is 0.327 e. The van der Waals surface area contributed by atoms with Crippen molar-refractivity contribution in [1.29, 1.82) is 0 Å². The van der Waals surface area contributed by atoms with Crippen molar-refractivity contribution in [2.75, 3.05) is 5.75 Å². The summed E-state index contributed by atoms with van der Waals surface area (Å²) >= 11 is 4.68. The molecular formula is C14H16BrNO4S. The lowest BCUT2D eigenvalue weighted by molar-refractivity contribution is -0.141. The second kappa shape index (κ2) is 6.27. The van der Waals surface area contributed by atoms with Gasteiger partial charge >= 0.3 is 5.97 Å². The highest BCUT2D eigenvalue weighted by Crippen LogP contribution is 2.36. The summed E-state index contributed by atoms with van der Waals surface area (Å²) in [5, 5.41) is 19.0. The fourth-order valence-electron chi connectivity index (χ4n) is 2.31. The summed E-state index contributed by atoms with van der Waals surface area (Å²) in [6.45, 7) is 3.90. The standard InChI is InChI=1S/C14H16BrNO4S/c1-7(2)13-16(10(6-21-13)14(19)20)12(18)9-4-3-8(15)5-11(9)17/h3-5,7,10,13,17H,6H2,1-2H3,(H,19,20). The number of benzene rings is 1. The number of phenolic OH excluding ortho intramolecular Hbond substituents is 1. The number of amides is 1. The molecule has 2 rings (SSSR count). The van der Waals surface area contributed by atoms with Crippen molar-refractivity contribution in [1.82, 2.24) is 4.90 Å². The van der Waals surface area contributed by atoms with Gasteiger partial charge < -0.3 is 15.1 Å². The van der Waals surface area contributed by atoms with Crippen LogP contribution < -0.4 is 0 Å². The van der Waals surface area contributed by atoms with Crippen LogP contribution in [0.1, 0.15) is 24.2 Å². The van der Waals surface area contributed by atoms with E-state index in [9.17, 15) is 19.8 Å². The Morgan fingerprint density at radius 1 is 1.43 bits per heavy atom. The van der Waals surface area contributed by atoms with E-state index in [0.29, 0.717) is 10.2 Å². The zero-order valence-electron chi connectivity index (χ0n) is 11.6. The van der Waals surface area contributed by atoms with Gasteiger partial charge in [-0.15, -0.1) is 11.8 Å². The summed E-state index contributed by atoms with van der Waals surface area (Å²) in [6, 6.07) is 3.71. The molecule has 0 aromatic heterocycles. The third-order valence-electron chi connectivity index (χ3n) is 3.31. The van der Waals surface area contributed by atoms with Crippen LogP contribution in [0.5, 0.6) is 5.75 Å². The highest BCUT2D eigenvalue weighted by atomic mass is 79.9. The van der Waals surface area contributed by atoms with Gasteiger partial charge in [0.25, 0.3) is 5.91 Å². The first-order valence-corrected chi connectivity index (χ1v) is 8.32. The molecule has 2 atom stereocenters. The second-order valence-electron chi connectivity index (χ2n) is 5.20. The summed E-state index contributed by atoms with van der Waals surface area (Å²) in [5.74, 6) is -1.13. The molecule has 0 spiro atoms. The van der Waals surface area contributed by atoms with Crippen molar-refractivity contribution in [2.45, 2.75) is 25.3 Å². The van der Waals surface area contributed by atoms with E-state index in [1.165, 1.54) is 28.8 Å². The summed E-state index contributed by atoms with van der Waals surface area (Å²) in [5.41, 5.74) is 0.123. The van der Waals surface area contributed by atoms with Crippen molar-refractivity contribution in [3.8, 4) is 5.75 Å². The second-order valence-corrected chi connectivity index (χ2v) is 7.26. The van der Waals surface area contributed by atoms with Crippen LogP contribution >= 0.6 is 27.7 Å². The van der Waals surface area contributed by atoms with E-state index in [-0.39, 0.29) is 22.6 Å². The lowest BCUT2D eigenvalue weighted by Gasteiger charge is -2.30. The molecular weight excluding hydrogens is 358 g/mol. The predicted octanol–water partition coefficient (Wildman–Crippen LogP) is 2.78. The number of hydrogen-bond donors (Lipinski definition) is 2. The smallest absolute Gasteiger partial charge is 0.327 e. The number of carbonyl (C=O) groups is 2. The third kappa shape index (κ3) is 3.18. The summed E-state index contributed by atoms with van der Waals surface area (Å²) in [4.78, 5) is 25.4. The van der Waals surface area contributed by atoms with Crippen LogP contribution in [0.15, 0.2) is 22.7 Å². The lowest BCUT2D eigenvalue weighted by atomic mass is 10.1. The van der Waals surface area contributed by atoms with Gasteiger partial charge in [0.15, 0.2) is 0 Å². The number of nitrogens with zero attached hydrogens (tertiary/aromatic N) is 1. The van der Waals surface area contributed by atoms with Crippen LogP contribution in [0.2, 0.25) is 0 Å². The van der Waals surface area contributed by atoms with Gasteiger partial charge in [-0.1, -0.05) is 29.8 Å². The van der Waals surface area contributed by atoms with Gasteiger partial charge in [-0.3, -0.25) is 4.79 Å². The minimum atomic E-state index is -1.02. The number of thioether (sulfide) groups is 1. The molecule has 1 aliphatic heterocycles. The molecule has 21 heavy (non-hydrogen) atoms. The number of halogens is 1. The Kier molecular flexibility index (Phi) is 4.83. The van der Waals surface area contributed by atoms with E-state index in [1.54, 1.807) is 6.07 Å². The largest absolute Gasteiger partial charge is 0.507 e. The molecule has 0 bridgehead atoms. The van der Waals surface area contributed by atoms with Gasteiger partial charge in [0.1, 0.15) is 11.8 Å². The van der Waals surface area contributed by atoms with E-state index < -0.39 is 17.9 Å². The zero-order chi connectivity index (χ0) is 15.7. The number of carboxylic acid groups (broad SMARTS) is 1. The van der Waals surface area contributed by atoms with Crippen LogP contribution in [0.4, 0.5) is 0 Å². The Labute approximate surface area is 135 Å². The Bertz CT molecular complexity index is 578. The number of aliphatic carboxylic acids is 1. The fourth-order valence-corrected chi connectivity index (χ4v) is 4.13. The average Bonchev–Trinajstić information content (AvgIpc) is 2.82. The van der Waals surface area contributed by atoms with E-state index in [2.05, 4.69) is 15.9 Å². The molecule has 1 saturated heterocycles. The van der Waals surface area contributed by atoms with Crippen molar-refractivity contribution in [3.63, 3.8) is 0 Å². The first kappa shape index (κ1) is 16.2. The SMILES string of the molecule is CC(C)C1SCC(C(=O)O)N1C(=O)c1ccc(Br)cc1O. The summed E-state index contributed by atoms with van der Waals surface area (Å²) in [7, 11) is 0. The number of aromatic hydroxyl groups is 1. The number of rotatable bonds is 3. The summed E-state index contributed by atoms with van der Waals surface area (Å²) < 4.78 is 0.655. The first-order chi connectivity index (χ1) is 9.82. The number of carboxylic acids is 1. The molecule has 1 aromatic carbocycles. The number of carbonyl (C=O) groups excluding carboxylic acids is 1. The van der Waals surface area contributed by atoms with E-state index >= 15 is 0 Å². The monoisotopic (exact) mass is 373 g/mol. The predicted molar refractivity (Wildman–Crippen MR) is 84.5 cm³/mol. The van der Waals surface area contributed by atoms with Gasteiger partial charge in [-0.05, 0) is 24.1 Å². The fraction of sp³-hybridized carbons (Fsp3) is 0.429. The molecule has 1 aromatic rings. The van der Waals surface area contributed by atoms with Crippen molar-refractivity contribution in [3.05, 3.63) is 28.2 Å². The molecule has 1 aliphatic rings. The van der Waals surface area contributed by atoms with Gasteiger partial charge in [0.2, 0.25) is 0 Å². The normalized spacial score (nSPS) is 21.8. The highest BCUT2D eigenvalue weighted by molar-refractivity contribution is 9.10. The third-order valence-corrected chi connectivity index (χ3v) is 5.43. The quantitative estimate of drug-likeness (QED) is 0.851. The van der Waals surface area contributed by atoms with E-state index in [4.69, 9.17) is 0 Å². The van der Waals surface area contributed by atoms with Crippen LogP contribution in [-0.4, -0.2) is 44.2 Å². The van der Waals surface area contributed by atoms with Crippen molar-refractivity contribution in [2.24, 2.45) is 5.92 Å². The highest BCUT2D eigenvalue weighted by Gasteiger charge is 2.43. The minimum absolute atomic E-state index is 0.123. The molecule has 2 unspecified atom stereocenters. The minimum Gasteiger partial charge on any atom is -0.507 e.